The predicted octanol–water partition coefficient (Wildman–Crippen LogP) is 3.40. The van der Waals surface area contributed by atoms with Crippen LogP contribution in [0.5, 0.6) is 0 Å². The first kappa shape index (κ1) is 29.5. The molecule has 0 bridgehead atoms. The number of nitro benzene ring substituents is 1. The molecule has 12 nitrogen and oxygen atoms in total. The number of alkyl carbamates (subject to hydrolysis) is 1. The van der Waals surface area contributed by atoms with Crippen LogP contribution in [0.2, 0.25) is 0 Å². The van der Waals surface area contributed by atoms with Crippen molar-refractivity contribution < 1.29 is 28.8 Å². The van der Waals surface area contributed by atoms with Crippen LogP contribution in [0.3, 0.4) is 0 Å². The number of aryl methyl sites for hydroxylation is 2. The summed E-state index contributed by atoms with van der Waals surface area (Å²) in [4.78, 5) is 53.3. The number of benzene rings is 1. The normalized spacial score (nSPS) is 13.2. The lowest BCUT2D eigenvalue weighted by molar-refractivity contribution is -0.384. The molecule has 37 heavy (non-hydrogen) atoms. The zero-order chi connectivity index (χ0) is 27.9. The molecular formula is C25H37N5O7. The standard InChI is InChI=1S/C25H37N5O7/c1-8-36-23(32)19(13-15(2)3)27-22(31)17(28-24(33)37-25(4,5)6)10-12-21-26-18-14-16(30(34)35)9-11-20(18)29(21)7/h9,11,14-15,17,19H,8,10,12-13H2,1-7H3,(H,27,31)(H,28,33)/t17-,19-/m0/s1. The van der Waals surface area contributed by atoms with Crippen molar-refractivity contribution in [2.45, 2.75) is 78.5 Å². The summed E-state index contributed by atoms with van der Waals surface area (Å²) in [6.45, 7) is 10.8. The predicted molar refractivity (Wildman–Crippen MR) is 137 cm³/mol. The van der Waals surface area contributed by atoms with E-state index >= 15 is 0 Å². The Morgan fingerprint density at radius 2 is 1.84 bits per heavy atom. The third kappa shape index (κ3) is 8.72. The van der Waals surface area contributed by atoms with Gasteiger partial charge in [-0.25, -0.2) is 14.6 Å². The van der Waals surface area contributed by atoms with Crippen LogP contribution in [0.25, 0.3) is 11.0 Å². The number of nitrogens with one attached hydrogen (secondary N) is 2. The number of hydrogen-bond donors (Lipinski definition) is 2. The van der Waals surface area contributed by atoms with Gasteiger partial charge in [-0.05, 0) is 52.5 Å². The van der Waals surface area contributed by atoms with Gasteiger partial charge in [-0.3, -0.25) is 14.9 Å². The smallest absolute Gasteiger partial charge is 0.408 e. The van der Waals surface area contributed by atoms with Gasteiger partial charge in [0.05, 0.1) is 22.6 Å². The molecule has 2 amide bonds. The first-order valence-electron chi connectivity index (χ1n) is 12.3. The Bertz CT molecular complexity index is 1140. The highest BCUT2D eigenvalue weighted by Gasteiger charge is 2.30. The average molecular weight is 520 g/mol. The minimum Gasteiger partial charge on any atom is -0.464 e. The minimum absolute atomic E-state index is 0.0730. The highest BCUT2D eigenvalue weighted by molar-refractivity contribution is 5.89. The molecule has 0 saturated carbocycles. The van der Waals surface area contributed by atoms with Crippen molar-refractivity contribution in [1.29, 1.82) is 0 Å². The third-order valence-corrected chi connectivity index (χ3v) is 5.43. The van der Waals surface area contributed by atoms with Crippen molar-refractivity contribution in [3.05, 3.63) is 34.1 Å². The molecule has 0 aliphatic carbocycles. The van der Waals surface area contributed by atoms with Gasteiger partial charge < -0.3 is 24.7 Å². The van der Waals surface area contributed by atoms with E-state index < -0.39 is 40.6 Å². The number of imidazole rings is 1. The number of nitro groups is 1. The van der Waals surface area contributed by atoms with Crippen LogP contribution < -0.4 is 10.6 Å². The van der Waals surface area contributed by atoms with Crippen molar-refractivity contribution >= 4 is 34.7 Å². The van der Waals surface area contributed by atoms with Crippen LogP contribution in [0, 0.1) is 16.0 Å². The third-order valence-electron chi connectivity index (χ3n) is 5.43. The first-order valence-corrected chi connectivity index (χ1v) is 12.3. The largest absolute Gasteiger partial charge is 0.464 e. The van der Waals surface area contributed by atoms with Crippen molar-refractivity contribution in [2.24, 2.45) is 13.0 Å². The van der Waals surface area contributed by atoms with Crippen LogP contribution in [-0.4, -0.2) is 56.7 Å². The van der Waals surface area contributed by atoms with Crippen molar-refractivity contribution in [3.8, 4) is 0 Å². The van der Waals surface area contributed by atoms with E-state index in [4.69, 9.17) is 9.47 Å². The SMILES string of the molecule is CCOC(=O)[C@H](CC(C)C)NC(=O)[C@H](CCc1nc2cc([N+](=O)[O-])ccc2n1C)NC(=O)OC(C)(C)C. The number of non-ortho nitro benzene ring substituents is 1. The molecule has 0 saturated heterocycles. The Labute approximate surface area is 216 Å². The second-order valence-corrected chi connectivity index (χ2v) is 10.2. The molecule has 0 aliphatic rings. The fraction of sp³-hybridized carbons (Fsp3) is 0.600. The molecule has 1 heterocycles. The molecule has 1 aromatic heterocycles. The second kappa shape index (κ2) is 12.5. The molecule has 12 heteroatoms. The number of rotatable bonds is 11. The lowest BCUT2D eigenvalue weighted by Gasteiger charge is -2.25. The van der Waals surface area contributed by atoms with E-state index in [0.717, 1.165) is 0 Å². The number of esters is 1. The topological polar surface area (TPSA) is 155 Å². The zero-order valence-corrected chi connectivity index (χ0v) is 22.5. The number of hydrogen-bond acceptors (Lipinski definition) is 8. The van der Waals surface area contributed by atoms with E-state index in [1.165, 1.54) is 12.1 Å². The Balaban J connectivity index is 2.27. The highest BCUT2D eigenvalue weighted by atomic mass is 16.6. The molecular weight excluding hydrogens is 482 g/mol. The Hall–Kier alpha value is -3.70. The molecule has 0 spiro atoms. The molecule has 0 unspecified atom stereocenters. The first-order chi connectivity index (χ1) is 17.2. The summed E-state index contributed by atoms with van der Waals surface area (Å²) in [6.07, 6.45) is 0.000433. The molecule has 204 valence electrons. The maximum Gasteiger partial charge on any atom is 0.408 e. The highest BCUT2D eigenvalue weighted by Crippen LogP contribution is 2.22. The Morgan fingerprint density at radius 3 is 2.41 bits per heavy atom. The summed E-state index contributed by atoms with van der Waals surface area (Å²) >= 11 is 0. The van der Waals surface area contributed by atoms with E-state index in [2.05, 4.69) is 15.6 Å². The molecule has 0 aliphatic heterocycles. The molecule has 2 N–H and O–H groups in total. The monoisotopic (exact) mass is 519 g/mol. The summed E-state index contributed by atoms with van der Waals surface area (Å²) in [7, 11) is 1.77. The van der Waals surface area contributed by atoms with Gasteiger partial charge in [-0.1, -0.05) is 13.8 Å². The summed E-state index contributed by atoms with van der Waals surface area (Å²) in [5.41, 5.74) is 0.298. The van der Waals surface area contributed by atoms with E-state index in [1.54, 1.807) is 45.4 Å². The molecule has 1 aromatic carbocycles. The van der Waals surface area contributed by atoms with Gasteiger partial charge in [-0.15, -0.1) is 0 Å². The quantitative estimate of drug-likeness (QED) is 0.260. The maximum absolute atomic E-state index is 13.3. The van der Waals surface area contributed by atoms with Gasteiger partial charge in [0.1, 0.15) is 23.5 Å². The lowest BCUT2D eigenvalue weighted by Crippen LogP contribution is -2.53. The van der Waals surface area contributed by atoms with Crippen LogP contribution >= 0.6 is 0 Å². The fourth-order valence-electron chi connectivity index (χ4n) is 3.77. The Kier molecular flexibility index (Phi) is 9.98. The van der Waals surface area contributed by atoms with Gasteiger partial charge in [0.15, 0.2) is 0 Å². The second-order valence-electron chi connectivity index (χ2n) is 10.2. The number of carbonyl (C=O) groups is 3. The van der Waals surface area contributed by atoms with Gasteiger partial charge in [-0.2, -0.15) is 0 Å². The molecule has 0 fully saturated rings. The van der Waals surface area contributed by atoms with Crippen molar-refractivity contribution in [2.75, 3.05) is 6.61 Å². The van der Waals surface area contributed by atoms with Gasteiger partial charge in [0.2, 0.25) is 5.91 Å². The number of fused-ring (bicyclic) bond motifs is 1. The minimum atomic E-state index is -1.03. The summed E-state index contributed by atoms with van der Waals surface area (Å²) in [5.74, 6) is -0.420. The van der Waals surface area contributed by atoms with Crippen LogP contribution in [0.4, 0.5) is 10.5 Å². The van der Waals surface area contributed by atoms with Crippen molar-refractivity contribution in [1.82, 2.24) is 20.2 Å². The number of aromatic nitrogens is 2. The van der Waals surface area contributed by atoms with Crippen molar-refractivity contribution in [3.63, 3.8) is 0 Å². The molecule has 2 aromatic rings. The number of ether oxygens (including phenoxy) is 2. The van der Waals surface area contributed by atoms with Crippen LogP contribution in [0.1, 0.15) is 60.2 Å². The van der Waals surface area contributed by atoms with Gasteiger partial charge >= 0.3 is 12.1 Å². The van der Waals surface area contributed by atoms with E-state index in [-0.39, 0.29) is 31.1 Å². The molecule has 0 radical (unpaired) electrons. The van der Waals surface area contributed by atoms with Gasteiger partial charge in [0, 0.05) is 25.6 Å². The zero-order valence-electron chi connectivity index (χ0n) is 22.5. The van der Waals surface area contributed by atoms with E-state index in [0.29, 0.717) is 23.3 Å². The summed E-state index contributed by atoms with van der Waals surface area (Å²) in [6, 6.07) is 2.50. The number of amides is 2. The molecule has 2 atom stereocenters. The van der Waals surface area contributed by atoms with Gasteiger partial charge in [0.25, 0.3) is 5.69 Å². The summed E-state index contributed by atoms with van der Waals surface area (Å²) in [5, 5.41) is 16.4. The number of nitrogens with zero attached hydrogens (tertiary/aromatic N) is 3. The van der Waals surface area contributed by atoms with E-state index in [9.17, 15) is 24.5 Å². The lowest BCUT2D eigenvalue weighted by atomic mass is 10.0. The Morgan fingerprint density at radius 1 is 1.16 bits per heavy atom. The number of carbonyl (C=O) groups excluding carboxylic acids is 3. The van der Waals surface area contributed by atoms with E-state index in [1.807, 2.05) is 13.8 Å². The molecule has 2 rings (SSSR count). The fourth-order valence-corrected chi connectivity index (χ4v) is 3.77. The summed E-state index contributed by atoms with van der Waals surface area (Å²) < 4.78 is 12.2. The van der Waals surface area contributed by atoms with Crippen LogP contribution in [-0.2, 0) is 32.5 Å². The maximum atomic E-state index is 13.3. The average Bonchev–Trinajstić information content (AvgIpc) is 3.09. The van der Waals surface area contributed by atoms with Crippen LogP contribution in [0.15, 0.2) is 18.2 Å².